The Kier molecular flexibility index (Phi) is 7.00. The summed E-state index contributed by atoms with van der Waals surface area (Å²) in [7, 11) is 0. The van der Waals surface area contributed by atoms with E-state index in [0.29, 0.717) is 13.0 Å². The van der Waals surface area contributed by atoms with E-state index in [-0.39, 0.29) is 0 Å². The number of aliphatic hydroxyl groups excluding tert-OH is 1. The van der Waals surface area contributed by atoms with Gasteiger partial charge in [-0.05, 0) is 13.3 Å². The van der Waals surface area contributed by atoms with Crippen LogP contribution in [0.5, 0.6) is 0 Å². The van der Waals surface area contributed by atoms with Crippen LogP contribution in [-0.2, 0) is 4.79 Å². The van der Waals surface area contributed by atoms with E-state index < -0.39 is 24.6 Å². The average molecular weight is 216 g/mol. The second-order valence-electron chi connectivity index (χ2n) is 2.83. The molecule has 0 rings (SSSR count). The average Bonchev–Trinajstić information content (AvgIpc) is 2.20. The van der Waals surface area contributed by atoms with Gasteiger partial charge in [0, 0.05) is 6.54 Å². The Morgan fingerprint density at radius 1 is 1.47 bits per heavy atom. The normalized spacial score (nSPS) is 12.4. The smallest absolute Gasteiger partial charge is 0.328 e. The van der Waals surface area contributed by atoms with Crippen LogP contribution in [0.25, 0.3) is 0 Å². The number of nitrogens with one attached hydrogen (secondary N) is 2. The first-order valence-electron chi connectivity index (χ1n) is 4.61. The summed E-state index contributed by atoms with van der Waals surface area (Å²) >= 11 is 0. The van der Waals surface area contributed by atoms with E-state index >= 15 is 0 Å². The number of carboxylic acid groups (broad SMARTS) is 1. The molecule has 15 heavy (non-hydrogen) atoms. The monoisotopic (exact) mass is 216 g/mol. The van der Waals surface area contributed by atoms with Crippen LogP contribution < -0.4 is 10.6 Å². The predicted octanol–water partition coefficient (Wildman–Crippen LogP) is -0.303. The number of carbonyl (C=O) groups excluding carboxylic acids is 1. The highest BCUT2D eigenvalue weighted by molar-refractivity contribution is 5.82. The van der Waals surface area contributed by atoms with Gasteiger partial charge in [-0.3, -0.25) is 0 Å². The molecule has 4 N–H and O–H groups in total. The summed E-state index contributed by atoms with van der Waals surface area (Å²) in [4.78, 5) is 21.5. The maximum atomic E-state index is 11.1. The Balaban J connectivity index is 3.76. The SMILES string of the molecule is C/C=C/CCNC(=O)N[C@@H](CO)C(=O)O. The lowest BCUT2D eigenvalue weighted by molar-refractivity contribution is -0.140. The maximum absolute atomic E-state index is 11.1. The molecule has 0 saturated heterocycles. The highest BCUT2D eigenvalue weighted by Crippen LogP contribution is 1.83. The first-order chi connectivity index (χ1) is 7.11. The van der Waals surface area contributed by atoms with E-state index in [0.717, 1.165) is 0 Å². The van der Waals surface area contributed by atoms with Crippen LogP contribution >= 0.6 is 0 Å². The van der Waals surface area contributed by atoms with Gasteiger partial charge in [0.2, 0.25) is 0 Å². The molecule has 2 amide bonds. The van der Waals surface area contributed by atoms with Crippen molar-refractivity contribution in [3.63, 3.8) is 0 Å². The zero-order valence-electron chi connectivity index (χ0n) is 8.56. The Morgan fingerprint density at radius 2 is 2.13 bits per heavy atom. The molecular weight excluding hydrogens is 200 g/mol. The Labute approximate surface area is 88.0 Å². The Bertz CT molecular complexity index is 240. The molecular formula is C9H16N2O4. The predicted molar refractivity (Wildman–Crippen MR) is 54.5 cm³/mol. The molecule has 0 aliphatic heterocycles. The molecule has 0 bridgehead atoms. The molecule has 0 aliphatic carbocycles. The van der Waals surface area contributed by atoms with Crippen molar-refractivity contribution < 1.29 is 19.8 Å². The van der Waals surface area contributed by atoms with Crippen molar-refractivity contribution in [2.45, 2.75) is 19.4 Å². The molecule has 0 aromatic carbocycles. The minimum Gasteiger partial charge on any atom is -0.480 e. The van der Waals surface area contributed by atoms with Crippen molar-refractivity contribution in [2.75, 3.05) is 13.2 Å². The van der Waals surface area contributed by atoms with Gasteiger partial charge in [-0.2, -0.15) is 0 Å². The van der Waals surface area contributed by atoms with E-state index in [4.69, 9.17) is 10.2 Å². The number of hydrogen-bond acceptors (Lipinski definition) is 3. The minimum absolute atomic E-state index is 0.425. The maximum Gasteiger partial charge on any atom is 0.328 e. The van der Waals surface area contributed by atoms with Crippen molar-refractivity contribution in [3.8, 4) is 0 Å². The van der Waals surface area contributed by atoms with Gasteiger partial charge in [-0.1, -0.05) is 12.2 Å². The molecule has 1 atom stereocenters. The van der Waals surface area contributed by atoms with Gasteiger partial charge in [-0.15, -0.1) is 0 Å². The number of aliphatic carboxylic acids is 1. The molecule has 0 spiro atoms. The second-order valence-corrected chi connectivity index (χ2v) is 2.83. The van der Waals surface area contributed by atoms with Gasteiger partial charge in [0.15, 0.2) is 6.04 Å². The lowest BCUT2D eigenvalue weighted by atomic mass is 10.3. The standard InChI is InChI=1S/C9H16N2O4/c1-2-3-4-5-10-9(15)11-7(6-12)8(13)14/h2-3,7,12H,4-6H2,1H3,(H,13,14)(H2,10,11,15)/b3-2+/t7-/m0/s1. The quantitative estimate of drug-likeness (QED) is 0.362. The largest absolute Gasteiger partial charge is 0.480 e. The van der Waals surface area contributed by atoms with E-state index in [1.807, 2.05) is 19.1 Å². The van der Waals surface area contributed by atoms with Crippen LogP contribution in [0.15, 0.2) is 12.2 Å². The third-order valence-electron chi connectivity index (χ3n) is 1.62. The van der Waals surface area contributed by atoms with Gasteiger partial charge in [0.05, 0.1) is 6.61 Å². The second kappa shape index (κ2) is 7.81. The van der Waals surface area contributed by atoms with Crippen molar-refractivity contribution in [1.29, 1.82) is 0 Å². The summed E-state index contributed by atoms with van der Waals surface area (Å²) in [5.41, 5.74) is 0. The minimum atomic E-state index is -1.26. The van der Waals surface area contributed by atoms with Crippen LogP contribution in [0, 0.1) is 0 Å². The summed E-state index contributed by atoms with van der Waals surface area (Å²) in [5.74, 6) is -1.26. The molecule has 6 nitrogen and oxygen atoms in total. The lowest BCUT2D eigenvalue weighted by Gasteiger charge is -2.11. The summed E-state index contributed by atoms with van der Waals surface area (Å²) in [5, 5.41) is 21.7. The molecule has 86 valence electrons. The fraction of sp³-hybridized carbons (Fsp3) is 0.556. The molecule has 0 saturated carbocycles. The Morgan fingerprint density at radius 3 is 2.60 bits per heavy atom. The van der Waals surface area contributed by atoms with Gasteiger partial charge >= 0.3 is 12.0 Å². The number of rotatable bonds is 6. The highest BCUT2D eigenvalue weighted by Gasteiger charge is 2.17. The molecule has 0 radical (unpaired) electrons. The third kappa shape index (κ3) is 6.50. The Hall–Kier alpha value is -1.56. The van der Waals surface area contributed by atoms with Crippen LogP contribution in [0.2, 0.25) is 0 Å². The van der Waals surface area contributed by atoms with Crippen LogP contribution in [0.1, 0.15) is 13.3 Å². The van der Waals surface area contributed by atoms with E-state index in [2.05, 4.69) is 10.6 Å². The molecule has 6 heteroatoms. The fourth-order valence-electron chi connectivity index (χ4n) is 0.830. The number of urea groups is 1. The zero-order valence-corrected chi connectivity index (χ0v) is 8.56. The van der Waals surface area contributed by atoms with Crippen LogP contribution in [-0.4, -0.2) is 41.4 Å². The fourth-order valence-corrected chi connectivity index (χ4v) is 0.830. The van der Waals surface area contributed by atoms with E-state index in [1.54, 1.807) is 0 Å². The molecule has 0 fully saturated rings. The van der Waals surface area contributed by atoms with E-state index in [1.165, 1.54) is 0 Å². The number of hydrogen-bond donors (Lipinski definition) is 4. The van der Waals surface area contributed by atoms with Gasteiger partial charge < -0.3 is 20.8 Å². The summed E-state index contributed by atoms with van der Waals surface area (Å²) < 4.78 is 0. The summed E-state index contributed by atoms with van der Waals surface area (Å²) in [6.07, 6.45) is 4.41. The van der Waals surface area contributed by atoms with Crippen molar-refractivity contribution in [3.05, 3.63) is 12.2 Å². The van der Waals surface area contributed by atoms with Gasteiger partial charge in [-0.25, -0.2) is 9.59 Å². The number of aliphatic hydroxyl groups is 1. The van der Waals surface area contributed by atoms with Crippen molar-refractivity contribution >= 4 is 12.0 Å². The summed E-state index contributed by atoms with van der Waals surface area (Å²) in [6, 6.07) is -1.85. The molecule has 0 aromatic rings. The van der Waals surface area contributed by atoms with Crippen molar-refractivity contribution in [2.24, 2.45) is 0 Å². The molecule has 0 heterocycles. The molecule has 0 aromatic heterocycles. The zero-order chi connectivity index (χ0) is 11.7. The van der Waals surface area contributed by atoms with Crippen LogP contribution in [0.4, 0.5) is 4.79 Å². The highest BCUT2D eigenvalue weighted by atomic mass is 16.4. The van der Waals surface area contributed by atoms with Gasteiger partial charge in [0.1, 0.15) is 0 Å². The van der Waals surface area contributed by atoms with Gasteiger partial charge in [0.25, 0.3) is 0 Å². The number of amides is 2. The molecule has 0 aliphatic rings. The number of carbonyl (C=O) groups is 2. The van der Waals surface area contributed by atoms with E-state index in [9.17, 15) is 9.59 Å². The van der Waals surface area contributed by atoms with Crippen molar-refractivity contribution in [1.82, 2.24) is 10.6 Å². The summed E-state index contributed by atoms with van der Waals surface area (Å²) in [6.45, 7) is 1.66. The first kappa shape index (κ1) is 13.4. The first-order valence-corrected chi connectivity index (χ1v) is 4.61. The topological polar surface area (TPSA) is 98.7 Å². The van der Waals surface area contributed by atoms with Crippen LogP contribution in [0.3, 0.4) is 0 Å². The lowest BCUT2D eigenvalue weighted by Crippen LogP contribution is -2.48. The number of carboxylic acids is 1. The third-order valence-corrected chi connectivity index (χ3v) is 1.62. The molecule has 0 unspecified atom stereocenters. The number of allylic oxidation sites excluding steroid dienone is 1.